The first-order chi connectivity index (χ1) is 10.2. The van der Waals surface area contributed by atoms with E-state index >= 15 is 0 Å². The molecule has 0 radical (unpaired) electrons. The first-order valence-corrected chi connectivity index (χ1v) is 8.54. The maximum Gasteiger partial charge on any atom is 0.136 e. The van der Waals surface area contributed by atoms with Crippen molar-refractivity contribution in [2.75, 3.05) is 17.7 Å². The van der Waals surface area contributed by atoms with Crippen molar-refractivity contribution in [2.24, 2.45) is 5.92 Å². The molecule has 4 nitrogen and oxygen atoms in total. The van der Waals surface area contributed by atoms with Crippen LogP contribution in [0, 0.1) is 12.8 Å². The SMILES string of the molecule is CCC1CCCC(Nc2nc(C3CC3)nc(NC)c2C)C1. The lowest BCUT2D eigenvalue weighted by Gasteiger charge is -2.30. The molecule has 1 heterocycles. The summed E-state index contributed by atoms with van der Waals surface area (Å²) in [6, 6.07) is 0.578. The van der Waals surface area contributed by atoms with Crippen LogP contribution in [0.15, 0.2) is 0 Å². The second kappa shape index (κ2) is 6.20. The highest BCUT2D eigenvalue weighted by Gasteiger charge is 2.29. The third kappa shape index (κ3) is 3.30. The normalized spacial score (nSPS) is 25.7. The molecular formula is C17H28N4. The fourth-order valence-corrected chi connectivity index (χ4v) is 3.43. The van der Waals surface area contributed by atoms with Crippen LogP contribution >= 0.6 is 0 Å². The van der Waals surface area contributed by atoms with E-state index in [1.165, 1.54) is 44.9 Å². The van der Waals surface area contributed by atoms with E-state index in [4.69, 9.17) is 4.98 Å². The number of nitrogens with one attached hydrogen (secondary N) is 2. The molecule has 0 spiro atoms. The average Bonchev–Trinajstić information content (AvgIpc) is 3.34. The molecule has 2 saturated carbocycles. The molecule has 0 saturated heterocycles. The first kappa shape index (κ1) is 14.6. The summed E-state index contributed by atoms with van der Waals surface area (Å²) in [5.74, 6) is 4.53. The third-order valence-corrected chi connectivity index (χ3v) is 5.04. The van der Waals surface area contributed by atoms with Crippen LogP contribution < -0.4 is 10.6 Å². The standard InChI is InChI=1S/C17H28N4/c1-4-12-6-5-7-14(10-12)19-16-11(2)15(18-3)20-17(21-16)13-8-9-13/h12-14H,4-10H2,1-3H3,(H2,18,19,20,21). The molecule has 3 rings (SSSR count). The molecule has 1 aromatic heterocycles. The molecule has 2 atom stereocenters. The minimum atomic E-state index is 0.578. The second-order valence-corrected chi connectivity index (χ2v) is 6.71. The highest BCUT2D eigenvalue weighted by molar-refractivity contribution is 5.57. The molecule has 4 heteroatoms. The molecule has 116 valence electrons. The average molecular weight is 288 g/mol. The van der Waals surface area contributed by atoms with Crippen molar-refractivity contribution in [3.63, 3.8) is 0 Å². The zero-order valence-electron chi connectivity index (χ0n) is 13.6. The van der Waals surface area contributed by atoms with Gasteiger partial charge in [-0.25, -0.2) is 9.97 Å². The van der Waals surface area contributed by atoms with Gasteiger partial charge in [0.25, 0.3) is 0 Å². The third-order valence-electron chi connectivity index (χ3n) is 5.04. The Morgan fingerprint density at radius 2 is 1.86 bits per heavy atom. The zero-order valence-corrected chi connectivity index (χ0v) is 13.6. The molecular weight excluding hydrogens is 260 g/mol. The number of hydrogen-bond acceptors (Lipinski definition) is 4. The van der Waals surface area contributed by atoms with Gasteiger partial charge in [0, 0.05) is 24.6 Å². The summed E-state index contributed by atoms with van der Waals surface area (Å²) in [5.41, 5.74) is 1.15. The predicted octanol–water partition coefficient (Wildman–Crippen LogP) is 4.08. The Morgan fingerprint density at radius 1 is 1.10 bits per heavy atom. The van der Waals surface area contributed by atoms with Gasteiger partial charge in [-0.15, -0.1) is 0 Å². The van der Waals surface area contributed by atoms with E-state index in [2.05, 4.69) is 29.5 Å². The minimum Gasteiger partial charge on any atom is -0.373 e. The zero-order chi connectivity index (χ0) is 14.8. The van der Waals surface area contributed by atoms with Crippen molar-refractivity contribution >= 4 is 11.6 Å². The van der Waals surface area contributed by atoms with Crippen LogP contribution in [0.3, 0.4) is 0 Å². The fraction of sp³-hybridized carbons (Fsp3) is 0.765. The Hall–Kier alpha value is -1.32. The van der Waals surface area contributed by atoms with Crippen LogP contribution in [0.25, 0.3) is 0 Å². The van der Waals surface area contributed by atoms with E-state index < -0.39 is 0 Å². The van der Waals surface area contributed by atoms with E-state index in [1.807, 2.05) is 7.05 Å². The molecule has 2 aliphatic carbocycles. The van der Waals surface area contributed by atoms with Gasteiger partial charge in [0.2, 0.25) is 0 Å². The number of hydrogen-bond donors (Lipinski definition) is 2. The molecule has 2 N–H and O–H groups in total. The summed E-state index contributed by atoms with van der Waals surface area (Å²) in [6.07, 6.45) is 9.08. The Morgan fingerprint density at radius 3 is 2.52 bits per heavy atom. The predicted molar refractivity (Wildman–Crippen MR) is 88.0 cm³/mol. The summed E-state index contributed by atoms with van der Waals surface area (Å²) in [7, 11) is 1.95. The number of aromatic nitrogens is 2. The van der Waals surface area contributed by atoms with Gasteiger partial charge >= 0.3 is 0 Å². The largest absolute Gasteiger partial charge is 0.373 e. The van der Waals surface area contributed by atoms with E-state index in [9.17, 15) is 0 Å². The lowest BCUT2D eigenvalue weighted by atomic mass is 9.84. The van der Waals surface area contributed by atoms with Crippen LogP contribution in [0.5, 0.6) is 0 Å². The van der Waals surface area contributed by atoms with Gasteiger partial charge in [0.05, 0.1) is 0 Å². The van der Waals surface area contributed by atoms with Crippen molar-refractivity contribution in [3.8, 4) is 0 Å². The molecule has 21 heavy (non-hydrogen) atoms. The monoisotopic (exact) mass is 288 g/mol. The summed E-state index contributed by atoms with van der Waals surface area (Å²) in [5, 5.41) is 6.94. The molecule has 0 aliphatic heterocycles. The smallest absolute Gasteiger partial charge is 0.136 e. The molecule has 2 fully saturated rings. The first-order valence-electron chi connectivity index (χ1n) is 8.54. The topological polar surface area (TPSA) is 49.8 Å². The quantitative estimate of drug-likeness (QED) is 0.857. The summed E-state index contributed by atoms with van der Waals surface area (Å²) >= 11 is 0. The lowest BCUT2D eigenvalue weighted by molar-refractivity contribution is 0.327. The van der Waals surface area contributed by atoms with Crippen molar-refractivity contribution in [1.29, 1.82) is 0 Å². The van der Waals surface area contributed by atoms with Gasteiger partial charge in [-0.1, -0.05) is 26.2 Å². The summed E-state index contributed by atoms with van der Waals surface area (Å²) in [6.45, 7) is 4.43. The van der Waals surface area contributed by atoms with Crippen molar-refractivity contribution in [1.82, 2.24) is 9.97 Å². The molecule has 0 bridgehead atoms. The maximum atomic E-state index is 4.83. The van der Waals surface area contributed by atoms with Gasteiger partial charge in [-0.05, 0) is 38.5 Å². The van der Waals surface area contributed by atoms with Crippen molar-refractivity contribution < 1.29 is 0 Å². The number of rotatable bonds is 5. The van der Waals surface area contributed by atoms with Crippen molar-refractivity contribution in [3.05, 3.63) is 11.4 Å². The van der Waals surface area contributed by atoms with E-state index in [0.29, 0.717) is 12.0 Å². The highest BCUT2D eigenvalue weighted by Crippen LogP contribution is 2.40. The molecule has 2 unspecified atom stereocenters. The molecule has 2 aliphatic rings. The minimum absolute atomic E-state index is 0.578. The Bertz CT molecular complexity index is 496. The van der Waals surface area contributed by atoms with Gasteiger partial charge in [0.1, 0.15) is 17.5 Å². The highest BCUT2D eigenvalue weighted by atomic mass is 15.1. The summed E-state index contributed by atoms with van der Waals surface area (Å²) in [4.78, 5) is 9.50. The van der Waals surface area contributed by atoms with Crippen LogP contribution in [0.2, 0.25) is 0 Å². The lowest BCUT2D eigenvalue weighted by Crippen LogP contribution is -2.28. The van der Waals surface area contributed by atoms with Crippen LogP contribution in [-0.2, 0) is 0 Å². The van der Waals surface area contributed by atoms with E-state index in [-0.39, 0.29) is 0 Å². The number of nitrogens with zero attached hydrogens (tertiary/aromatic N) is 2. The molecule has 0 amide bonds. The van der Waals surface area contributed by atoms with Gasteiger partial charge in [-0.3, -0.25) is 0 Å². The molecule has 1 aromatic rings. The number of anilines is 2. The van der Waals surface area contributed by atoms with Crippen molar-refractivity contribution in [2.45, 2.75) is 70.8 Å². The summed E-state index contributed by atoms with van der Waals surface area (Å²) < 4.78 is 0. The van der Waals surface area contributed by atoms with Crippen LogP contribution in [0.1, 0.15) is 69.2 Å². The van der Waals surface area contributed by atoms with Gasteiger partial charge in [0.15, 0.2) is 0 Å². The van der Waals surface area contributed by atoms with E-state index in [0.717, 1.165) is 28.9 Å². The van der Waals surface area contributed by atoms with E-state index in [1.54, 1.807) is 0 Å². The molecule has 0 aromatic carbocycles. The van der Waals surface area contributed by atoms with Gasteiger partial charge in [-0.2, -0.15) is 0 Å². The van der Waals surface area contributed by atoms with Gasteiger partial charge < -0.3 is 10.6 Å². The fourth-order valence-electron chi connectivity index (χ4n) is 3.43. The van der Waals surface area contributed by atoms with Crippen LogP contribution in [0.4, 0.5) is 11.6 Å². The second-order valence-electron chi connectivity index (χ2n) is 6.71. The Labute approximate surface area is 128 Å². The van der Waals surface area contributed by atoms with Crippen LogP contribution in [-0.4, -0.2) is 23.1 Å². The Balaban J connectivity index is 1.78. The maximum absolute atomic E-state index is 4.83. The Kier molecular flexibility index (Phi) is 4.32.